The molecule has 7 nitrogen and oxygen atoms in total. The molecule has 2 aromatic carbocycles. The van der Waals surface area contributed by atoms with Crippen LogP contribution in [0.3, 0.4) is 0 Å². The minimum absolute atomic E-state index is 0.00960. The van der Waals surface area contributed by atoms with Gasteiger partial charge in [-0.15, -0.1) is 0 Å². The lowest BCUT2D eigenvalue weighted by atomic mass is 9.44. The first kappa shape index (κ1) is 20.5. The molecule has 3 aromatic rings. The van der Waals surface area contributed by atoms with E-state index in [1.165, 1.54) is 18.3 Å². The van der Waals surface area contributed by atoms with Crippen LogP contribution in [0.1, 0.15) is 29.8 Å². The molecule has 164 valence electrons. The zero-order valence-corrected chi connectivity index (χ0v) is 17.6. The molecule has 3 fully saturated rings. The Labute approximate surface area is 187 Å². The van der Waals surface area contributed by atoms with Gasteiger partial charge in [-0.25, -0.2) is 9.37 Å². The Balaban J connectivity index is 1.10. The van der Waals surface area contributed by atoms with Crippen LogP contribution in [0, 0.1) is 5.82 Å². The normalized spacial score (nSPS) is 22.9. The average molecular weight is 456 g/mol. The van der Waals surface area contributed by atoms with Crippen LogP contribution in [-0.4, -0.2) is 34.5 Å². The predicted molar refractivity (Wildman–Crippen MR) is 114 cm³/mol. The largest absolute Gasteiger partial charge is 0.484 e. The average Bonchev–Trinajstić information content (AvgIpc) is 3.23. The van der Waals surface area contributed by atoms with Crippen molar-refractivity contribution in [3.05, 3.63) is 71.3 Å². The topological polar surface area (TPSA) is 93.5 Å². The lowest BCUT2D eigenvalue weighted by Crippen LogP contribution is -2.84. The summed E-state index contributed by atoms with van der Waals surface area (Å²) in [4.78, 5) is 29.0. The molecule has 2 bridgehead atoms. The van der Waals surface area contributed by atoms with E-state index in [4.69, 9.17) is 20.8 Å². The Morgan fingerprint density at radius 1 is 1.09 bits per heavy atom. The second kappa shape index (κ2) is 7.63. The van der Waals surface area contributed by atoms with Crippen LogP contribution in [-0.2, 0) is 4.79 Å². The molecule has 2 amide bonds. The van der Waals surface area contributed by atoms with Crippen molar-refractivity contribution in [1.29, 1.82) is 0 Å². The number of benzene rings is 2. The molecule has 3 saturated carbocycles. The van der Waals surface area contributed by atoms with Gasteiger partial charge < -0.3 is 19.8 Å². The number of hydrogen-bond donors (Lipinski definition) is 2. The van der Waals surface area contributed by atoms with Gasteiger partial charge in [0.1, 0.15) is 11.6 Å². The van der Waals surface area contributed by atoms with Gasteiger partial charge in [0, 0.05) is 22.7 Å². The number of halogens is 2. The van der Waals surface area contributed by atoms with Crippen molar-refractivity contribution in [2.24, 2.45) is 0 Å². The Hall–Kier alpha value is -3.39. The summed E-state index contributed by atoms with van der Waals surface area (Å²) < 4.78 is 24.4. The van der Waals surface area contributed by atoms with Crippen LogP contribution in [0.2, 0.25) is 5.02 Å². The number of nitrogens with one attached hydrogen (secondary N) is 2. The molecule has 9 heteroatoms. The van der Waals surface area contributed by atoms with Gasteiger partial charge in [0.2, 0.25) is 11.7 Å². The summed E-state index contributed by atoms with van der Waals surface area (Å²) in [5.41, 5.74) is 0.113. The predicted octanol–water partition coefficient (Wildman–Crippen LogP) is 3.73. The third-order valence-electron chi connectivity index (χ3n) is 5.82. The highest BCUT2D eigenvalue weighted by Crippen LogP contribution is 2.60. The molecule has 0 aliphatic heterocycles. The highest BCUT2D eigenvalue weighted by molar-refractivity contribution is 6.30. The van der Waals surface area contributed by atoms with Crippen molar-refractivity contribution >= 4 is 23.4 Å². The quantitative estimate of drug-likeness (QED) is 0.566. The van der Waals surface area contributed by atoms with E-state index in [0.717, 1.165) is 11.6 Å². The first-order valence-electron chi connectivity index (χ1n) is 10.1. The number of ether oxygens (including phenoxy) is 1. The van der Waals surface area contributed by atoms with Gasteiger partial charge >= 0.3 is 0 Å². The molecule has 3 aliphatic rings. The molecule has 0 unspecified atom stereocenters. The second-order valence-corrected chi connectivity index (χ2v) is 8.76. The molecule has 32 heavy (non-hydrogen) atoms. The third-order valence-corrected chi connectivity index (χ3v) is 6.13. The maximum atomic E-state index is 13.4. The number of rotatable bonds is 7. The minimum Gasteiger partial charge on any atom is -0.484 e. The minimum atomic E-state index is -0.607. The molecule has 0 radical (unpaired) electrons. The van der Waals surface area contributed by atoms with Crippen molar-refractivity contribution in [3.63, 3.8) is 0 Å². The highest BCUT2D eigenvalue weighted by Gasteiger charge is 2.69. The number of carbonyl (C=O) groups is 2. The Morgan fingerprint density at radius 2 is 1.81 bits per heavy atom. The highest BCUT2D eigenvalue weighted by atomic mass is 35.5. The molecule has 3 aliphatic carbocycles. The zero-order valence-electron chi connectivity index (χ0n) is 16.9. The molecular formula is C23H19ClFN3O4. The van der Waals surface area contributed by atoms with E-state index in [9.17, 15) is 14.0 Å². The molecule has 0 spiro atoms. The van der Waals surface area contributed by atoms with Gasteiger partial charge in [0.15, 0.2) is 6.61 Å². The van der Waals surface area contributed by atoms with Gasteiger partial charge in [0.25, 0.3) is 11.8 Å². The lowest BCUT2D eigenvalue weighted by Gasteiger charge is -2.70. The maximum Gasteiger partial charge on any atom is 0.289 e. The van der Waals surface area contributed by atoms with E-state index in [-0.39, 0.29) is 46.0 Å². The zero-order chi connectivity index (χ0) is 22.3. The Morgan fingerprint density at radius 3 is 2.53 bits per heavy atom. The van der Waals surface area contributed by atoms with Crippen LogP contribution >= 0.6 is 11.6 Å². The van der Waals surface area contributed by atoms with E-state index in [2.05, 4.69) is 15.6 Å². The number of carbonyl (C=O) groups excluding carboxylic acids is 2. The van der Waals surface area contributed by atoms with Crippen LogP contribution < -0.4 is 15.4 Å². The van der Waals surface area contributed by atoms with Crippen molar-refractivity contribution in [1.82, 2.24) is 15.6 Å². The van der Waals surface area contributed by atoms with E-state index in [0.29, 0.717) is 25.2 Å². The summed E-state index contributed by atoms with van der Waals surface area (Å²) in [5, 5.41) is 5.94. The SMILES string of the molecule is O=C(COc1ccc(Cl)c(F)c1)NC12CC(NC(=O)c3cnc(-c4ccccc4)o3)(C1)C2. The van der Waals surface area contributed by atoms with Crippen molar-refractivity contribution in [2.45, 2.75) is 30.3 Å². The fraction of sp³-hybridized carbons (Fsp3) is 0.261. The second-order valence-electron chi connectivity index (χ2n) is 8.35. The fourth-order valence-electron chi connectivity index (χ4n) is 4.50. The Kier molecular flexibility index (Phi) is 4.89. The third kappa shape index (κ3) is 3.82. The van der Waals surface area contributed by atoms with Crippen molar-refractivity contribution < 1.29 is 23.1 Å². The van der Waals surface area contributed by atoms with E-state index in [1.54, 1.807) is 0 Å². The van der Waals surface area contributed by atoms with Gasteiger partial charge in [-0.3, -0.25) is 9.59 Å². The lowest BCUT2D eigenvalue weighted by molar-refractivity contribution is -0.141. The fourth-order valence-corrected chi connectivity index (χ4v) is 4.61. The van der Waals surface area contributed by atoms with E-state index in [1.807, 2.05) is 30.3 Å². The first-order valence-corrected chi connectivity index (χ1v) is 10.5. The van der Waals surface area contributed by atoms with Crippen LogP contribution in [0.15, 0.2) is 59.1 Å². The van der Waals surface area contributed by atoms with E-state index < -0.39 is 5.82 Å². The maximum absolute atomic E-state index is 13.4. The summed E-state index contributed by atoms with van der Waals surface area (Å²) in [6, 6.07) is 13.3. The smallest absolute Gasteiger partial charge is 0.289 e. The van der Waals surface area contributed by atoms with Gasteiger partial charge in [-0.1, -0.05) is 29.8 Å². The summed E-state index contributed by atoms with van der Waals surface area (Å²) in [7, 11) is 0. The van der Waals surface area contributed by atoms with Gasteiger partial charge in [-0.2, -0.15) is 0 Å². The summed E-state index contributed by atoms with van der Waals surface area (Å²) in [6.45, 7) is -0.234. The molecular weight excluding hydrogens is 437 g/mol. The summed E-state index contributed by atoms with van der Waals surface area (Å²) >= 11 is 5.63. The first-order chi connectivity index (χ1) is 15.4. The summed E-state index contributed by atoms with van der Waals surface area (Å²) in [6.07, 6.45) is 3.31. The van der Waals surface area contributed by atoms with Gasteiger partial charge in [0.05, 0.1) is 11.2 Å². The van der Waals surface area contributed by atoms with Crippen LogP contribution in [0.4, 0.5) is 4.39 Å². The Bertz CT molecular complexity index is 1180. The van der Waals surface area contributed by atoms with E-state index >= 15 is 0 Å². The number of amides is 2. The van der Waals surface area contributed by atoms with Crippen molar-refractivity contribution in [2.75, 3.05) is 6.61 Å². The van der Waals surface area contributed by atoms with Gasteiger partial charge in [-0.05, 0) is 43.5 Å². The number of hydrogen-bond acceptors (Lipinski definition) is 5. The van der Waals surface area contributed by atoms with Crippen LogP contribution in [0.5, 0.6) is 5.75 Å². The van der Waals surface area contributed by atoms with Crippen LogP contribution in [0.25, 0.3) is 11.5 Å². The molecule has 2 N–H and O–H groups in total. The standard InChI is InChI=1S/C23H19ClFN3O4/c24-16-7-6-15(8-17(16)25)31-10-19(29)27-22-11-23(12-22,13-22)28-20(30)18-9-26-21(32-18)14-4-2-1-3-5-14/h1-9H,10-13H2,(H,27,29)(H,28,30). The number of oxazole rings is 1. The summed E-state index contributed by atoms with van der Waals surface area (Å²) in [5.74, 6) is -0.474. The molecule has 0 saturated heterocycles. The number of nitrogens with zero attached hydrogens (tertiary/aromatic N) is 1. The number of aromatic nitrogens is 1. The molecule has 0 atom stereocenters. The van der Waals surface area contributed by atoms with Crippen molar-refractivity contribution in [3.8, 4) is 17.2 Å². The molecule has 6 rings (SSSR count). The monoisotopic (exact) mass is 455 g/mol. The molecule has 1 aromatic heterocycles. The molecule has 1 heterocycles.